The highest BCUT2D eigenvalue weighted by Crippen LogP contribution is 2.40. The van der Waals surface area contributed by atoms with Crippen LogP contribution in [0.5, 0.6) is 0 Å². The highest BCUT2D eigenvalue weighted by Gasteiger charge is 2.37. The summed E-state index contributed by atoms with van der Waals surface area (Å²) in [6.07, 6.45) is 2.08. The zero-order chi connectivity index (χ0) is 26.2. The van der Waals surface area contributed by atoms with Gasteiger partial charge in [0, 0.05) is 29.6 Å². The smallest absolute Gasteiger partial charge is 0.268 e. The molecule has 194 valence electrons. The topological polar surface area (TPSA) is 60.2 Å². The van der Waals surface area contributed by atoms with Crippen molar-refractivity contribution >= 4 is 19.7 Å². The van der Waals surface area contributed by atoms with Gasteiger partial charge >= 0.3 is 0 Å². The Morgan fingerprint density at radius 3 is 2.62 bits per heavy atom. The lowest BCUT2D eigenvalue weighted by Gasteiger charge is -2.36. The summed E-state index contributed by atoms with van der Waals surface area (Å²) in [6, 6.07) is 19.4. The molecule has 0 fully saturated rings. The van der Waals surface area contributed by atoms with Crippen LogP contribution in [0.25, 0.3) is 33.3 Å². The number of aromatic nitrogens is 2. The Balaban J connectivity index is 1.29. The van der Waals surface area contributed by atoms with Crippen LogP contribution in [-0.4, -0.2) is 31.6 Å². The molecule has 4 aromatic rings. The van der Waals surface area contributed by atoms with Gasteiger partial charge in [-0.3, -0.25) is 0 Å². The van der Waals surface area contributed by atoms with Crippen molar-refractivity contribution in [2.75, 3.05) is 13.2 Å². The summed E-state index contributed by atoms with van der Waals surface area (Å²) in [5, 5.41) is 8.35. The van der Waals surface area contributed by atoms with Gasteiger partial charge in [0.2, 0.25) is 5.82 Å². The maximum atomic E-state index is 6.36. The van der Waals surface area contributed by atoms with E-state index >= 15 is 0 Å². The van der Waals surface area contributed by atoms with E-state index in [9.17, 15) is 0 Å². The Bertz CT molecular complexity index is 1370. The molecule has 1 N–H and O–H groups in total. The van der Waals surface area contributed by atoms with Crippen LogP contribution in [0.2, 0.25) is 18.1 Å². The number of hydrogen-bond acceptors (Lipinski definition) is 6. The van der Waals surface area contributed by atoms with E-state index < -0.39 is 8.32 Å². The van der Waals surface area contributed by atoms with Crippen LogP contribution in [-0.2, 0) is 10.8 Å². The van der Waals surface area contributed by atoms with Crippen molar-refractivity contribution in [2.45, 2.75) is 64.7 Å². The van der Waals surface area contributed by atoms with Gasteiger partial charge in [0.05, 0.1) is 4.88 Å². The zero-order valence-electron chi connectivity index (χ0n) is 22.7. The highest BCUT2D eigenvalue weighted by molar-refractivity contribution is 7.15. The largest absolute Gasteiger partial charge is 0.416 e. The summed E-state index contributed by atoms with van der Waals surface area (Å²) in [5.41, 5.74) is 6.16. The molecule has 0 bridgehead atoms. The van der Waals surface area contributed by atoms with Gasteiger partial charge in [0.25, 0.3) is 5.89 Å². The third kappa shape index (κ3) is 5.36. The average molecular weight is 532 g/mol. The predicted octanol–water partition coefficient (Wildman–Crippen LogP) is 8.04. The quantitative estimate of drug-likeness (QED) is 0.184. The molecule has 5 rings (SSSR count). The van der Waals surface area contributed by atoms with E-state index in [1.807, 2.05) is 6.07 Å². The van der Waals surface area contributed by atoms with Gasteiger partial charge in [-0.15, -0.1) is 11.3 Å². The van der Waals surface area contributed by atoms with Crippen LogP contribution < -0.4 is 5.32 Å². The second-order valence-corrected chi connectivity index (χ2v) is 17.5. The molecule has 1 aliphatic rings. The fraction of sp³-hybridized carbons (Fsp3) is 0.400. The third-order valence-corrected chi connectivity index (χ3v) is 13.5. The maximum absolute atomic E-state index is 6.36. The minimum absolute atomic E-state index is 0.232. The molecule has 0 amide bonds. The molecule has 7 heteroatoms. The molecule has 1 aliphatic carbocycles. The lowest BCUT2D eigenvalue weighted by Crippen LogP contribution is -2.42. The molecule has 0 saturated carbocycles. The normalized spacial score (nSPS) is 15.8. The van der Waals surface area contributed by atoms with E-state index in [-0.39, 0.29) is 5.04 Å². The Morgan fingerprint density at radius 2 is 1.86 bits per heavy atom. The number of aryl methyl sites for hydroxylation is 1. The molecule has 37 heavy (non-hydrogen) atoms. The van der Waals surface area contributed by atoms with Gasteiger partial charge in [0.1, 0.15) is 0 Å². The molecular weight excluding hydrogens is 495 g/mol. The second kappa shape index (κ2) is 10.3. The molecule has 0 unspecified atom stereocenters. The first-order chi connectivity index (χ1) is 17.6. The minimum Gasteiger partial charge on any atom is -0.416 e. The van der Waals surface area contributed by atoms with Crippen molar-refractivity contribution in [2.24, 2.45) is 0 Å². The Hall–Kier alpha value is -2.58. The van der Waals surface area contributed by atoms with Crippen LogP contribution in [0.1, 0.15) is 49.2 Å². The van der Waals surface area contributed by atoms with E-state index in [0.29, 0.717) is 17.8 Å². The molecule has 5 nitrogen and oxygen atoms in total. The Kier molecular flexibility index (Phi) is 7.24. The van der Waals surface area contributed by atoms with Crippen molar-refractivity contribution in [3.8, 4) is 33.3 Å². The lowest BCUT2D eigenvalue weighted by molar-refractivity contribution is 0.279. The number of nitrogens with zero attached hydrogens (tertiary/aromatic N) is 2. The highest BCUT2D eigenvalue weighted by atomic mass is 32.1. The summed E-state index contributed by atoms with van der Waals surface area (Å²) in [7, 11) is -1.72. The molecule has 0 aliphatic heterocycles. The molecular formula is C30H37N3O2SSi. The monoisotopic (exact) mass is 531 g/mol. The van der Waals surface area contributed by atoms with Gasteiger partial charge in [0.15, 0.2) is 8.32 Å². The molecule has 0 spiro atoms. The van der Waals surface area contributed by atoms with Crippen LogP contribution in [0.15, 0.2) is 59.1 Å². The maximum Gasteiger partial charge on any atom is 0.268 e. The van der Waals surface area contributed by atoms with Gasteiger partial charge in [-0.25, -0.2) is 0 Å². The van der Waals surface area contributed by atoms with Crippen molar-refractivity contribution < 1.29 is 8.95 Å². The van der Waals surface area contributed by atoms with Crippen LogP contribution in [0.4, 0.5) is 0 Å². The van der Waals surface area contributed by atoms with E-state index in [2.05, 4.69) is 99.8 Å². The van der Waals surface area contributed by atoms with Crippen molar-refractivity contribution in [1.29, 1.82) is 0 Å². The fourth-order valence-electron chi connectivity index (χ4n) is 4.76. The van der Waals surface area contributed by atoms with Crippen molar-refractivity contribution in [3.05, 3.63) is 70.6 Å². The molecule has 2 aromatic carbocycles. The molecule has 1 atom stereocenters. The molecule has 2 heterocycles. The zero-order valence-corrected chi connectivity index (χ0v) is 24.5. The van der Waals surface area contributed by atoms with E-state index in [0.717, 1.165) is 36.4 Å². The minimum atomic E-state index is -1.72. The third-order valence-electron chi connectivity index (χ3n) is 7.91. The number of nitrogens with one attached hydrogen (secondary N) is 1. The van der Waals surface area contributed by atoms with Gasteiger partial charge in [-0.1, -0.05) is 74.5 Å². The van der Waals surface area contributed by atoms with Gasteiger partial charge in [-0.05, 0) is 66.2 Å². The lowest BCUT2D eigenvalue weighted by atomic mass is 10.0. The van der Waals surface area contributed by atoms with Crippen molar-refractivity contribution in [3.63, 3.8) is 0 Å². The SMILES string of the molecule is Cc1sc(-c2nc(-c3cccc4c3CC[C@H]4NCCO[Si](C)(C)C(C)(C)C)no2)cc1-c1ccccc1. The summed E-state index contributed by atoms with van der Waals surface area (Å²) < 4.78 is 12.1. The molecule has 0 saturated heterocycles. The number of fused-ring (bicyclic) bond motifs is 1. The average Bonchev–Trinajstić information content (AvgIpc) is 3.60. The Labute approximate surface area is 225 Å². The number of rotatable bonds is 8. The number of thiophene rings is 1. The first-order valence-electron chi connectivity index (χ1n) is 13.1. The summed E-state index contributed by atoms with van der Waals surface area (Å²) >= 11 is 1.70. The summed E-state index contributed by atoms with van der Waals surface area (Å²) in [4.78, 5) is 7.07. The fourth-order valence-corrected chi connectivity index (χ4v) is 6.77. The molecule has 0 radical (unpaired) electrons. The van der Waals surface area contributed by atoms with Crippen LogP contribution >= 0.6 is 11.3 Å². The van der Waals surface area contributed by atoms with Gasteiger partial charge in [-0.2, -0.15) is 4.98 Å². The Morgan fingerprint density at radius 1 is 1.08 bits per heavy atom. The summed E-state index contributed by atoms with van der Waals surface area (Å²) in [6.45, 7) is 15.2. The number of benzene rings is 2. The summed E-state index contributed by atoms with van der Waals surface area (Å²) in [5.74, 6) is 1.25. The van der Waals surface area contributed by atoms with Crippen LogP contribution in [0, 0.1) is 6.92 Å². The molecule has 2 aromatic heterocycles. The van der Waals surface area contributed by atoms with E-state index in [1.54, 1.807) is 11.3 Å². The number of hydrogen-bond donors (Lipinski definition) is 1. The van der Waals surface area contributed by atoms with E-state index in [1.165, 1.54) is 27.1 Å². The van der Waals surface area contributed by atoms with Crippen LogP contribution in [0.3, 0.4) is 0 Å². The standard InChI is InChI=1S/C30H37N3O2SSi/c1-20-25(21-11-8-7-9-12-21)19-27(36-20)29-32-28(33-35-29)24-14-10-13-23-22(24)15-16-26(23)31-17-18-34-37(5,6)30(2,3)4/h7-14,19,26,31H,15-18H2,1-6H3/t26-/m1/s1. The second-order valence-electron chi connectivity index (χ2n) is 11.4. The first-order valence-corrected chi connectivity index (χ1v) is 16.9. The van der Waals surface area contributed by atoms with Gasteiger partial charge < -0.3 is 14.3 Å². The first kappa shape index (κ1) is 26.0. The predicted molar refractivity (Wildman–Crippen MR) is 155 cm³/mol. The van der Waals surface area contributed by atoms with Crippen molar-refractivity contribution in [1.82, 2.24) is 15.5 Å². The van der Waals surface area contributed by atoms with E-state index in [4.69, 9.17) is 13.9 Å².